The van der Waals surface area contributed by atoms with E-state index in [0.29, 0.717) is 32.5 Å². The minimum absolute atomic E-state index is 0.0735. The van der Waals surface area contributed by atoms with Crippen molar-refractivity contribution in [3.63, 3.8) is 0 Å². The van der Waals surface area contributed by atoms with Crippen LogP contribution >= 0.6 is 34.7 Å². The maximum atomic E-state index is 13.5. The first-order chi connectivity index (χ1) is 16.9. The van der Waals surface area contributed by atoms with Crippen LogP contribution in [0, 0.1) is 18.3 Å². The van der Waals surface area contributed by atoms with E-state index in [2.05, 4.69) is 16.7 Å². The van der Waals surface area contributed by atoms with Crippen LogP contribution in [-0.2, 0) is 4.79 Å². The number of halogens is 1. The molecule has 0 saturated heterocycles. The maximum Gasteiger partial charge on any atom is 0.254 e. The predicted molar refractivity (Wildman–Crippen MR) is 144 cm³/mol. The van der Waals surface area contributed by atoms with Gasteiger partial charge < -0.3 is 10.6 Å². The fourth-order valence-corrected chi connectivity index (χ4v) is 5.78. The summed E-state index contributed by atoms with van der Waals surface area (Å²) in [5.74, 6) is -0.726. The number of thioether (sulfide) groups is 1. The van der Waals surface area contributed by atoms with Gasteiger partial charge in [-0.2, -0.15) is 5.26 Å². The zero-order valence-electron chi connectivity index (χ0n) is 19.1. The normalized spacial score (nSPS) is 15.4. The summed E-state index contributed by atoms with van der Waals surface area (Å²) < 4.78 is 0. The molecule has 8 heteroatoms. The van der Waals surface area contributed by atoms with E-state index in [1.54, 1.807) is 24.3 Å². The molecule has 1 aromatic heterocycles. The molecule has 4 rings (SSSR count). The van der Waals surface area contributed by atoms with Crippen molar-refractivity contribution in [2.75, 3.05) is 11.1 Å². The van der Waals surface area contributed by atoms with Gasteiger partial charge in [0.15, 0.2) is 5.78 Å². The zero-order chi connectivity index (χ0) is 24.9. The Morgan fingerprint density at radius 1 is 1.11 bits per heavy atom. The lowest BCUT2D eigenvalue weighted by Crippen LogP contribution is -2.30. The van der Waals surface area contributed by atoms with Crippen LogP contribution in [0.5, 0.6) is 0 Å². The first kappa shape index (κ1) is 24.8. The van der Waals surface area contributed by atoms with Gasteiger partial charge in [-0.05, 0) is 61.2 Å². The van der Waals surface area contributed by atoms with E-state index < -0.39 is 5.92 Å². The van der Waals surface area contributed by atoms with Gasteiger partial charge in [0.1, 0.15) is 0 Å². The van der Waals surface area contributed by atoms with Crippen LogP contribution in [0.4, 0.5) is 5.69 Å². The van der Waals surface area contributed by atoms with E-state index in [1.807, 2.05) is 55.6 Å². The van der Waals surface area contributed by atoms with E-state index in [9.17, 15) is 14.9 Å². The molecule has 0 saturated carbocycles. The van der Waals surface area contributed by atoms with Crippen molar-refractivity contribution in [1.29, 1.82) is 5.26 Å². The molecule has 1 amide bonds. The van der Waals surface area contributed by atoms with Gasteiger partial charge in [0, 0.05) is 32.4 Å². The van der Waals surface area contributed by atoms with Crippen molar-refractivity contribution in [3.05, 3.63) is 109 Å². The maximum absolute atomic E-state index is 13.5. The lowest BCUT2D eigenvalue weighted by Gasteiger charge is -2.29. The Balaban J connectivity index is 1.64. The van der Waals surface area contributed by atoms with Crippen LogP contribution in [-0.4, -0.2) is 17.4 Å². The molecule has 2 N–H and O–H groups in total. The molecule has 0 spiro atoms. The van der Waals surface area contributed by atoms with Gasteiger partial charge in [0.25, 0.3) is 5.91 Å². The predicted octanol–water partition coefficient (Wildman–Crippen LogP) is 6.66. The molecular formula is C27H22ClN3O2S2. The molecule has 1 atom stereocenters. The fourth-order valence-electron chi connectivity index (χ4n) is 3.83. The van der Waals surface area contributed by atoms with Crippen LogP contribution in [0.3, 0.4) is 0 Å². The second-order valence-electron chi connectivity index (χ2n) is 7.95. The van der Waals surface area contributed by atoms with Crippen LogP contribution < -0.4 is 10.6 Å². The molecule has 2 aromatic carbocycles. The number of benzene rings is 2. The number of aryl methyl sites for hydroxylation is 1. The number of para-hydroxylation sites is 1. The minimum atomic E-state index is -0.529. The van der Waals surface area contributed by atoms with Gasteiger partial charge in [-0.25, -0.2) is 0 Å². The van der Waals surface area contributed by atoms with Crippen molar-refractivity contribution < 1.29 is 9.59 Å². The highest BCUT2D eigenvalue weighted by Gasteiger charge is 2.35. The molecule has 0 bridgehead atoms. The first-order valence-corrected chi connectivity index (χ1v) is 13.1. The number of nitrogens with zero attached hydrogens (tertiary/aromatic N) is 1. The number of nitrogens with one attached hydrogen (secondary N) is 2. The Hall–Kier alpha value is -3.31. The highest BCUT2D eigenvalue weighted by molar-refractivity contribution is 8.03. The number of dihydropyridines is 1. The number of nitriles is 1. The summed E-state index contributed by atoms with van der Waals surface area (Å²) in [7, 11) is 0. The lowest BCUT2D eigenvalue weighted by atomic mass is 9.86. The Kier molecular flexibility index (Phi) is 7.76. The van der Waals surface area contributed by atoms with Gasteiger partial charge in [-0.1, -0.05) is 47.6 Å². The average molecular weight is 520 g/mol. The molecule has 0 unspecified atom stereocenters. The number of carbonyl (C=O) groups excluding carboxylic acids is 2. The fraction of sp³-hybridized carbons (Fsp3) is 0.148. The number of hydrogen-bond donors (Lipinski definition) is 2. The number of carbonyl (C=O) groups is 2. The van der Waals surface area contributed by atoms with Gasteiger partial charge in [0.05, 0.1) is 28.3 Å². The van der Waals surface area contributed by atoms with E-state index in [4.69, 9.17) is 11.6 Å². The van der Waals surface area contributed by atoms with Crippen LogP contribution in [0.25, 0.3) is 0 Å². The summed E-state index contributed by atoms with van der Waals surface area (Å²) in [5, 5.41) is 19.5. The van der Waals surface area contributed by atoms with Crippen molar-refractivity contribution in [1.82, 2.24) is 5.32 Å². The van der Waals surface area contributed by atoms with Gasteiger partial charge in [0.2, 0.25) is 0 Å². The smallest absolute Gasteiger partial charge is 0.254 e. The summed E-state index contributed by atoms with van der Waals surface area (Å²) in [6.07, 6.45) is 0. The van der Waals surface area contributed by atoms with E-state index in [0.717, 1.165) is 16.1 Å². The summed E-state index contributed by atoms with van der Waals surface area (Å²) in [6, 6.07) is 20.4. The van der Waals surface area contributed by atoms with Gasteiger partial charge in [-0.15, -0.1) is 11.3 Å². The molecule has 176 valence electrons. The number of Topliss-reactive ketones (excluding diaryl/α,β-unsaturated/α-hetero) is 1. The molecule has 35 heavy (non-hydrogen) atoms. The number of hydrogen-bond acceptors (Lipinski definition) is 6. The lowest BCUT2D eigenvalue weighted by molar-refractivity contribution is -0.113. The summed E-state index contributed by atoms with van der Waals surface area (Å²) in [5.41, 5.74) is 3.78. The number of ketones is 1. The Labute approximate surface area is 217 Å². The topological polar surface area (TPSA) is 82.0 Å². The van der Waals surface area contributed by atoms with Gasteiger partial charge >= 0.3 is 0 Å². The minimum Gasteiger partial charge on any atom is -0.353 e. The Morgan fingerprint density at radius 2 is 1.86 bits per heavy atom. The number of rotatable bonds is 7. The van der Waals surface area contributed by atoms with E-state index in [-0.39, 0.29) is 17.4 Å². The monoisotopic (exact) mass is 519 g/mol. The highest BCUT2D eigenvalue weighted by atomic mass is 35.5. The molecular weight excluding hydrogens is 498 g/mol. The van der Waals surface area contributed by atoms with Crippen LogP contribution in [0.15, 0.2) is 87.9 Å². The van der Waals surface area contributed by atoms with Crippen LogP contribution in [0.1, 0.15) is 33.6 Å². The Bertz CT molecular complexity index is 1370. The third-order valence-corrected chi connectivity index (χ3v) is 7.83. The molecule has 0 aliphatic carbocycles. The average Bonchev–Trinajstić information content (AvgIpc) is 3.38. The third kappa shape index (κ3) is 5.51. The largest absolute Gasteiger partial charge is 0.353 e. The summed E-state index contributed by atoms with van der Waals surface area (Å²) >= 11 is 8.68. The third-order valence-electron chi connectivity index (χ3n) is 5.63. The van der Waals surface area contributed by atoms with E-state index >= 15 is 0 Å². The van der Waals surface area contributed by atoms with Crippen molar-refractivity contribution in [2.45, 2.75) is 19.8 Å². The zero-order valence-corrected chi connectivity index (χ0v) is 21.5. The van der Waals surface area contributed by atoms with Crippen molar-refractivity contribution >= 4 is 52.1 Å². The molecule has 0 radical (unpaired) electrons. The van der Waals surface area contributed by atoms with Crippen LogP contribution in [0.2, 0.25) is 5.02 Å². The summed E-state index contributed by atoms with van der Waals surface area (Å²) in [4.78, 5) is 27.1. The molecule has 3 aromatic rings. The molecule has 5 nitrogen and oxygen atoms in total. The van der Waals surface area contributed by atoms with Gasteiger partial charge in [-0.3, -0.25) is 9.59 Å². The van der Waals surface area contributed by atoms with Crippen molar-refractivity contribution in [2.24, 2.45) is 0 Å². The number of anilines is 1. The first-order valence-electron chi connectivity index (χ1n) is 10.8. The van der Waals surface area contributed by atoms with E-state index in [1.165, 1.54) is 23.1 Å². The Morgan fingerprint density at radius 3 is 2.51 bits per heavy atom. The summed E-state index contributed by atoms with van der Waals surface area (Å²) in [6.45, 7) is 3.75. The molecule has 1 aliphatic rings. The molecule has 2 heterocycles. The second kappa shape index (κ2) is 11.0. The SMILES string of the molecule is CC1=C(C(=O)Nc2ccccc2C)[C@@H](c2cccs2)C(C#N)=C(SCC(=O)c2ccc(Cl)cc2)N1. The molecule has 1 aliphatic heterocycles. The number of thiophene rings is 1. The molecule has 0 fully saturated rings. The van der Waals surface area contributed by atoms with Crippen molar-refractivity contribution in [3.8, 4) is 6.07 Å². The standard InChI is InChI=1S/C27H22ClN3O2S2/c1-16-6-3-4-7-21(16)31-26(33)24-17(2)30-27(20(14-29)25(24)23-8-5-13-34-23)35-15-22(32)18-9-11-19(28)12-10-18/h3-13,25,30H,15H2,1-2H3,(H,31,33)/t25-/m1/s1. The highest BCUT2D eigenvalue weighted by Crippen LogP contribution is 2.42. The number of allylic oxidation sites excluding steroid dienone is 2. The second-order valence-corrected chi connectivity index (χ2v) is 10.4. The quantitative estimate of drug-likeness (QED) is 0.341. The number of amides is 1.